The molecule has 3 aromatic rings. The maximum absolute atomic E-state index is 12.2. The fraction of sp³-hybridized carbons (Fsp3) is 0.267. The second kappa shape index (κ2) is 5.51. The predicted molar refractivity (Wildman–Crippen MR) is 79.3 cm³/mol. The predicted octanol–water partition coefficient (Wildman–Crippen LogP) is 2.16. The number of carbonyl (C=O) groups excluding carboxylic acids is 1. The summed E-state index contributed by atoms with van der Waals surface area (Å²) in [5, 5.41) is 15.8. The third-order valence-corrected chi connectivity index (χ3v) is 3.19. The summed E-state index contributed by atoms with van der Waals surface area (Å²) in [6.07, 6.45) is 0. The molecule has 1 N–H and O–H groups in total. The molecule has 0 radical (unpaired) electrons. The van der Waals surface area contributed by atoms with Crippen molar-refractivity contribution in [3.63, 3.8) is 0 Å². The van der Waals surface area contributed by atoms with Crippen LogP contribution in [0.5, 0.6) is 11.8 Å². The van der Waals surface area contributed by atoms with Crippen LogP contribution in [0.2, 0.25) is 0 Å². The summed E-state index contributed by atoms with van der Waals surface area (Å²) >= 11 is 0. The van der Waals surface area contributed by atoms with Crippen molar-refractivity contribution < 1.29 is 19.4 Å². The lowest BCUT2D eigenvalue weighted by Gasteiger charge is -2.09. The Labute approximate surface area is 126 Å². The standard InChI is InChI=1S/C15H15N3O4/c1-3-21-14(20)11-12(19)9-7-5-6-8-10(9)13-16-15(22-4-2)17-18(11)13/h5-8,19H,3-4H2,1-2H3. The van der Waals surface area contributed by atoms with E-state index >= 15 is 0 Å². The minimum absolute atomic E-state index is 0.0611. The Kier molecular flexibility index (Phi) is 3.54. The quantitative estimate of drug-likeness (QED) is 0.743. The molecule has 22 heavy (non-hydrogen) atoms. The van der Waals surface area contributed by atoms with E-state index in [0.717, 1.165) is 0 Å². The van der Waals surface area contributed by atoms with Crippen LogP contribution in [-0.2, 0) is 4.74 Å². The van der Waals surface area contributed by atoms with Crippen LogP contribution < -0.4 is 4.74 Å². The summed E-state index contributed by atoms with van der Waals surface area (Å²) in [7, 11) is 0. The van der Waals surface area contributed by atoms with Gasteiger partial charge in [-0.15, -0.1) is 5.10 Å². The molecule has 0 saturated carbocycles. The van der Waals surface area contributed by atoms with Gasteiger partial charge in [0.05, 0.1) is 13.2 Å². The Balaban J connectivity index is 2.39. The topological polar surface area (TPSA) is 86.0 Å². The number of carbonyl (C=O) groups is 1. The van der Waals surface area contributed by atoms with E-state index in [1.807, 2.05) is 13.0 Å². The first-order valence-corrected chi connectivity index (χ1v) is 6.97. The number of fused-ring (bicyclic) bond motifs is 3. The number of aromatic hydroxyl groups is 1. The molecule has 114 valence electrons. The van der Waals surface area contributed by atoms with E-state index in [1.165, 1.54) is 4.52 Å². The summed E-state index contributed by atoms with van der Waals surface area (Å²) in [5.74, 6) is -0.849. The van der Waals surface area contributed by atoms with E-state index in [4.69, 9.17) is 9.47 Å². The first kappa shape index (κ1) is 14.1. The second-order valence-electron chi connectivity index (χ2n) is 4.53. The van der Waals surface area contributed by atoms with Crippen LogP contribution in [0.4, 0.5) is 0 Å². The summed E-state index contributed by atoms with van der Waals surface area (Å²) in [5.41, 5.74) is 0.369. The van der Waals surface area contributed by atoms with Crippen molar-refractivity contribution in [2.45, 2.75) is 13.8 Å². The van der Waals surface area contributed by atoms with Gasteiger partial charge < -0.3 is 14.6 Å². The van der Waals surface area contributed by atoms with E-state index in [9.17, 15) is 9.90 Å². The van der Waals surface area contributed by atoms with E-state index < -0.39 is 5.97 Å². The molecule has 1 aromatic carbocycles. The molecule has 7 nitrogen and oxygen atoms in total. The molecule has 2 aromatic heterocycles. The average Bonchev–Trinajstić information content (AvgIpc) is 2.92. The number of benzene rings is 1. The number of pyridine rings is 1. The first-order chi connectivity index (χ1) is 10.7. The van der Waals surface area contributed by atoms with Gasteiger partial charge in [-0.05, 0) is 13.8 Å². The summed E-state index contributed by atoms with van der Waals surface area (Å²) < 4.78 is 11.6. The normalized spacial score (nSPS) is 11.0. The third kappa shape index (κ3) is 2.11. The van der Waals surface area contributed by atoms with Crippen molar-refractivity contribution in [1.82, 2.24) is 14.6 Å². The molecule has 0 aliphatic rings. The molecule has 0 amide bonds. The number of rotatable bonds is 4. The van der Waals surface area contributed by atoms with Gasteiger partial charge in [0.25, 0.3) is 0 Å². The van der Waals surface area contributed by atoms with E-state index in [0.29, 0.717) is 23.0 Å². The third-order valence-electron chi connectivity index (χ3n) is 3.19. The highest BCUT2D eigenvalue weighted by Crippen LogP contribution is 2.32. The summed E-state index contributed by atoms with van der Waals surface area (Å²) in [4.78, 5) is 16.5. The van der Waals surface area contributed by atoms with Crippen LogP contribution in [-0.4, -0.2) is 38.9 Å². The minimum atomic E-state index is -0.663. The van der Waals surface area contributed by atoms with E-state index in [-0.39, 0.29) is 24.1 Å². The fourth-order valence-corrected chi connectivity index (χ4v) is 2.31. The van der Waals surface area contributed by atoms with Crippen molar-refractivity contribution in [2.24, 2.45) is 0 Å². The smallest absolute Gasteiger partial charge is 0.360 e. The molecule has 0 aliphatic heterocycles. The average molecular weight is 301 g/mol. The van der Waals surface area contributed by atoms with Crippen LogP contribution in [0.25, 0.3) is 16.4 Å². The van der Waals surface area contributed by atoms with Crippen LogP contribution in [0.3, 0.4) is 0 Å². The number of aromatic nitrogens is 3. The van der Waals surface area contributed by atoms with Gasteiger partial charge in [-0.25, -0.2) is 4.79 Å². The van der Waals surface area contributed by atoms with Gasteiger partial charge in [-0.2, -0.15) is 9.50 Å². The monoisotopic (exact) mass is 301 g/mol. The minimum Gasteiger partial charge on any atom is -0.505 e. The summed E-state index contributed by atoms with van der Waals surface area (Å²) in [6, 6.07) is 7.24. The lowest BCUT2D eigenvalue weighted by atomic mass is 10.1. The summed E-state index contributed by atoms with van der Waals surface area (Å²) in [6.45, 7) is 4.10. The molecule has 7 heteroatoms. The van der Waals surface area contributed by atoms with Crippen molar-refractivity contribution in [3.05, 3.63) is 30.0 Å². The number of hydrogen-bond donors (Lipinski definition) is 1. The number of hydrogen-bond acceptors (Lipinski definition) is 6. The van der Waals surface area contributed by atoms with Gasteiger partial charge in [-0.3, -0.25) is 0 Å². The number of nitrogens with zero attached hydrogens (tertiary/aromatic N) is 3. The number of esters is 1. The highest BCUT2D eigenvalue weighted by Gasteiger charge is 2.23. The molecule has 2 heterocycles. The Hall–Kier alpha value is -2.83. The molecule has 0 bridgehead atoms. The Morgan fingerprint density at radius 2 is 1.95 bits per heavy atom. The highest BCUT2D eigenvalue weighted by molar-refractivity contribution is 6.05. The van der Waals surface area contributed by atoms with Crippen molar-refractivity contribution in [3.8, 4) is 11.8 Å². The van der Waals surface area contributed by atoms with Crippen LogP contribution >= 0.6 is 0 Å². The first-order valence-electron chi connectivity index (χ1n) is 6.97. The lowest BCUT2D eigenvalue weighted by molar-refractivity contribution is 0.0512. The van der Waals surface area contributed by atoms with Gasteiger partial charge in [0, 0.05) is 10.8 Å². The highest BCUT2D eigenvalue weighted by atomic mass is 16.5. The SMILES string of the molecule is CCOC(=O)c1c(O)c2ccccc2c2nc(OCC)nn12. The maximum Gasteiger partial charge on any atom is 0.360 e. The zero-order valence-corrected chi connectivity index (χ0v) is 12.2. The molecule has 0 saturated heterocycles. The Morgan fingerprint density at radius 1 is 1.23 bits per heavy atom. The molecule has 0 fully saturated rings. The van der Waals surface area contributed by atoms with Gasteiger partial charge in [0.15, 0.2) is 17.1 Å². The fourth-order valence-electron chi connectivity index (χ4n) is 2.31. The molecule has 0 aliphatic carbocycles. The molecular weight excluding hydrogens is 286 g/mol. The van der Waals surface area contributed by atoms with Crippen molar-refractivity contribution in [2.75, 3.05) is 13.2 Å². The van der Waals surface area contributed by atoms with Crippen LogP contribution in [0.1, 0.15) is 24.3 Å². The molecule has 0 atom stereocenters. The van der Waals surface area contributed by atoms with Crippen LogP contribution in [0, 0.1) is 0 Å². The van der Waals surface area contributed by atoms with E-state index in [2.05, 4.69) is 10.1 Å². The van der Waals surface area contributed by atoms with Crippen molar-refractivity contribution >= 4 is 22.4 Å². The lowest BCUT2D eigenvalue weighted by Crippen LogP contribution is -2.12. The maximum atomic E-state index is 12.2. The van der Waals surface area contributed by atoms with Gasteiger partial charge in [0.1, 0.15) is 0 Å². The van der Waals surface area contributed by atoms with Gasteiger partial charge in [0.2, 0.25) is 0 Å². The zero-order valence-electron chi connectivity index (χ0n) is 12.2. The van der Waals surface area contributed by atoms with E-state index in [1.54, 1.807) is 25.1 Å². The second-order valence-corrected chi connectivity index (χ2v) is 4.53. The molecular formula is C15H15N3O4. The molecule has 3 rings (SSSR count). The molecule has 0 spiro atoms. The van der Waals surface area contributed by atoms with Gasteiger partial charge >= 0.3 is 12.0 Å². The number of ether oxygens (including phenoxy) is 2. The Morgan fingerprint density at radius 3 is 2.64 bits per heavy atom. The Bertz CT molecular complexity index is 857. The van der Waals surface area contributed by atoms with Crippen molar-refractivity contribution in [1.29, 1.82) is 0 Å². The zero-order chi connectivity index (χ0) is 15.7. The molecule has 0 unspecified atom stereocenters. The van der Waals surface area contributed by atoms with Gasteiger partial charge in [-0.1, -0.05) is 24.3 Å². The largest absolute Gasteiger partial charge is 0.505 e. The van der Waals surface area contributed by atoms with Crippen LogP contribution in [0.15, 0.2) is 24.3 Å².